The largest absolute Gasteiger partial charge is 0.492 e. The third kappa shape index (κ3) is 5.19. The van der Waals surface area contributed by atoms with E-state index in [4.69, 9.17) is 9.72 Å². The van der Waals surface area contributed by atoms with Crippen molar-refractivity contribution in [3.8, 4) is 5.75 Å². The Labute approximate surface area is 205 Å². The molecule has 5 rings (SSSR count). The Morgan fingerprint density at radius 1 is 0.829 bits per heavy atom. The highest BCUT2D eigenvalue weighted by atomic mass is 16.5. The van der Waals surface area contributed by atoms with Crippen LogP contribution in [0.2, 0.25) is 0 Å². The molecule has 1 N–H and O–H groups in total. The highest BCUT2D eigenvalue weighted by Gasteiger charge is 2.21. The summed E-state index contributed by atoms with van der Waals surface area (Å²) in [5.41, 5.74) is 4.08. The van der Waals surface area contributed by atoms with E-state index in [9.17, 15) is 4.79 Å². The standard InChI is InChI=1S/C28H29N5O2/c1-2-35-26-11-7-6-10-25(26)32-16-18-33(19-17-32)27-15-14-22-23(31-27)12-13-24(30-22)28(34)29-20-21-8-4-3-5-9-21/h3-15H,2,16-20H2,1H3,(H,29,34). The van der Waals surface area contributed by atoms with E-state index >= 15 is 0 Å². The fourth-order valence-corrected chi connectivity index (χ4v) is 4.34. The molecule has 0 unspecified atom stereocenters. The lowest BCUT2D eigenvalue weighted by Gasteiger charge is -2.37. The van der Waals surface area contributed by atoms with E-state index in [-0.39, 0.29) is 5.91 Å². The topological polar surface area (TPSA) is 70.6 Å². The number of benzene rings is 2. The Morgan fingerprint density at radius 2 is 1.51 bits per heavy atom. The molecule has 1 aliphatic rings. The van der Waals surface area contributed by atoms with Crippen LogP contribution in [0, 0.1) is 0 Å². The highest BCUT2D eigenvalue weighted by Crippen LogP contribution is 2.29. The fraction of sp³-hybridized carbons (Fsp3) is 0.250. The van der Waals surface area contributed by atoms with Crippen LogP contribution in [0.25, 0.3) is 11.0 Å². The Bertz CT molecular complexity index is 1300. The van der Waals surface area contributed by atoms with Crippen molar-refractivity contribution in [3.63, 3.8) is 0 Å². The van der Waals surface area contributed by atoms with Crippen molar-refractivity contribution in [2.24, 2.45) is 0 Å². The predicted octanol–water partition coefficient (Wildman–Crippen LogP) is 4.29. The fourth-order valence-electron chi connectivity index (χ4n) is 4.34. The van der Waals surface area contributed by atoms with Crippen LogP contribution in [-0.2, 0) is 6.54 Å². The second kappa shape index (κ2) is 10.4. The zero-order valence-electron chi connectivity index (χ0n) is 19.9. The molecule has 0 bridgehead atoms. The number of hydrogen-bond donors (Lipinski definition) is 1. The summed E-state index contributed by atoms with van der Waals surface area (Å²) in [6, 6.07) is 25.6. The Morgan fingerprint density at radius 3 is 2.31 bits per heavy atom. The summed E-state index contributed by atoms with van der Waals surface area (Å²) in [6.07, 6.45) is 0. The minimum absolute atomic E-state index is 0.191. The zero-order chi connectivity index (χ0) is 24.0. The number of fused-ring (bicyclic) bond motifs is 1. The van der Waals surface area contributed by atoms with Crippen LogP contribution in [-0.4, -0.2) is 48.7 Å². The summed E-state index contributed by atoms with van der Waals surface area (Å²) in [5.74, 6) is 1.67. The van der Waals surface area contributed by atoms with Crippen molar-refractivity contribution in [2.45, 2.75) is 13.5 Å². The van der Waals surface area contributed by atoms with Gasteiger partial charge < -0.3 is 19.9 Å². The third-order valence-electron chi connectivity index (χ3n) is 6.17. The van der Waals surface area contributed by atoms with Crippen molar-refractivity contribution in [3.05, 3.63) is 90.1 Å². The Hall–Kier alpha value is -4.13. The van der Waals surface area contributed by atoms with Gasteiger partial charge in [-0.15, -0.1) is 0 Å². The second-order valence-electron chi connectivity index (χ2n) is 8.45. The highest BCUT2D eigenvalue weighted by molar-refractivity contribution is 5.94. The van der Waals surface area contributed by atoms with Gasteiger partial charge in [0.25, 0.3) is 5.91 Å². The maximum Gasteiger partial charge on any atom is 0.270 e. The number of pyridine rings is 2. The quantitative estimate of drug-likeness (QED) is 0.437. The summed E-state index contributed by atoms with van der Waals surface area (Å²) in [5, 5.41) is 2.93. The van der Waals surface area contributed by atoms with Crippen LogP contribution >= 0.6 is 0 Å². The van der Waals surface area contributed by atoms with E-state index in [0.717, 1.165) is 54.5 Å². The van der Waals surface area contributed by atoms with Crippen LogP contribution in [0.5, 0.6) is 5.75 Å². The molecular weight excluding hydrogens is 438 g/mol. The van der Waals surface area contributed by atoms with Gasteiger partial charge in [-0.2, -0.15) is 0 Å². The molecule has 35 heavy (non-hydrogen) atoms. The van der Waals surface area contributed by atoms with Crippen molar-refractivity contribution in [1.82, 2.24) is 15.3 Å². The summed E-state index contributed by atoms with van der Waals surface area (Å²) in [6.45, 7) is 6.65. The van der Waals surface area contributed by atoms with E-state index in [0.29, 0.717) is 24.4 Å². The summed E-state index contributed by atoms with van der Waals surface area (Å²) < 4.78 is 5.81. The molecule has 2 aromatic carbocycles. The van der Waals surface area contributed by atoms with Gasteiger partial charge in [0.05, 0.1) is 23.3 Å². The van der Waals surface area contributed by atoms with Gasteiger partial charge >= 0.3 is 0 Å². The summed E-state index contributed by atoms with van der Waals surface area (Å²) in [7, 11) is 0. The predicted molar refractivity (Wildman–Crippen MR) is 139 cm³/mol. The number of piperazine rings is 1. The first-order chi connectivity index (χ1) is 17.2. The van der Waals surface area contributed by atoms with Crippen molar-refractivity contribution in [2.75, 3.05) is 42.6 Å². The number of hydrogen-bond acceptors (Lipinski definition) is 6. The minimum atomic E-state index is -0.191. The Balaban J connectivity index is 1.24. The second-order valence-corrected chi connectivity index (χ2v) is 8.45. The molecule has 3 heterocycles. The van der Waals surface area contributed by atoms with Crippen LogP contribution < -0.4 is 19.9 Å². The first-order valence-corrected chi connectivity index (χ1v) is 12.0. The number of anilines is 2. The molecule has 178 valence electrons. The number of nitrogens with one attached hydrogen (secondary N) is 1. The summed E-state index contributed by atoms with van der Waals surface area (Å²) >= 11 is 0. The van der Waals surface area contributed by atoms with Gasteiger partial charge in [0.15, 0.2) is 0 Å². The van der Waals surface area contributed by atoms with Crippen LogP contribution in [0.1, 0.15) is 23.0 Å². The SMILES string of the molecule is CCOc1ccccc1N1CCN(c2ccc3nc(C(=O)NCc4ccccc4)ccc3n2)CC1. The van der Waals surface area contributed by atoms with Gasteiger partial charge in [0.1, 0.15) is 17.3 Å². The van der Waals surface area contributed by atoms with E-state index in [1.165, 1.54) is 0 Å². The number of carbonyl (C=O) groups is 1. The van der Waals surface area contributed by atoms with Crippen molar-refractivity contribution < 1.29 is 9.53 Å². The molecular formula is C28H29N5O2. The molecule has 1 aliphatic heterocycles. The first-order valence-electron chi connectivity index (χ1n) is 12.0. The lowest BCUT2D eigenvalue weighted by atomic mass is 10.2. The average Bonchev–Trinajstić information content (AvgIpc) is 2.92. The molecule has 7 heteroatoms. The molecule has 0 spiro atoms. The first kappa shape index (κ1) is 22.7. The maximum atomic E-state index is 12.6. The van der Waals surface area contributed by atoms with Crippen LogP contribution in [0.4, 0.5) is 11.5 Å². The minimum Gasteiger partial charge on any atom is -0.492 e. The third-order valence-corrected chi connectivity index (χ3v) is 6.17. The van der Waals surface area contributed by atoms with Crippen molar-refractivity contribution in [1.29, 1.82) is 0 Å². The lowest BCUT2D eigenvalue weighted by molar-refractivity contribution is 0.0946. The number of nitrogens with zero attached hydrogens (tertiary/aromatic N) is 4. The lowest BCUT2D eigenvalue weighted by Crippen LogP contribution is -2.47. The molecule has 0 atom stereocenters. The van der Waals surface area contributed by atoms with E-state index in [1.54, 1.807) is 6.07 Å². The van der Waals surface area contributed by atoms with Gasteiger partial charge in [-0.1, -0.05) is 42.5 Å². The van der Waals surface area contributed by atoms with Crippen LogP contribution in [0.15, 0.2) is 78.9 Å². The molecule has 4 aromatic rings. The van der Waals surface area contributed by atoms with E-state index < -0.39 is 0 Å². The molecule has 1 saturated heterocycles. The molecule has 1 fully saturated rings. The number of aromatic nitrogens is 2. The smallest absolute Gasteiger partial charge is 0.270 e. The van der Waals surface area contributed by atoms with E-state index in [1.807, 2.05) is 67.6 Å². The number of ether oxygens (including phenoxy) is 1. The molecule has 0 radical (unpaired) electrons. The normalized spacial score (nSPS) is 13.6. The maximum absolute atomic E-state index is 12.6. The molecule has 1 amide bonds. The molecule has 0 aliphatic carbocycles. The van der Waals surface area contributed by atoms with Crippen LogP contribution in [0.3, 0.4) is 0 Å². The zero-order valence-corrected chi connectivity index (χ0v) is 19.9. The number of carbonyl (C=O) groups excluding carboxylic acids is 1. The Kier molecular flexibility index (Phi) is 6.75. The molecule has 2 aromatic heterocycles. The number of amides is 1. The van der Waals surface area contributed by atoms with E-state index in [2.05, 4.69) is 32.2 Å². The number of para-hydroxylation sites is 2. The molecule has 7 nitrogen and oxygen atoms in total. The molecule has 0 saturated carbocycles. The van der Waals surface area contributed by atoms with Crippen molar-refractivity contribution >= 4 is 28.4 Å². The van der Waals surface area contributed by atoms with Gasteiger partial charge in [0, 0.05) is 32.7 Å². The van der Waals surface area contributed by atoms with Gasteiger partial charge in [-0.05, 0) is 48.9 Å². The average molecular weight is 468 g/mol. The van der Waals surface area contributed by atoms with Gasteiger partial charge in [0.2, 0.25) is 0 Å². The van der Waals surface area contributed by atoms with Gasteiger partial charge in [-0.3, -0.25) is 4.79 Å². The number of rotatable bonds is 7. The monoisotopic (exact) mass is 467 g/mol. The summed E-state index contributed by atoms with van der Waals surface area (Å²) in [4.78, 5) is 26.6. The van der Waals surface area contributed by atoms with Gasteiger partial charge in [-0.25, -0.2) is 9.97 Å².